The number of amides is 1. The zero-order valence-corrected chi connectivity index (χ0v) is 31.9. The van der Waals surface area contributed by atoms with E-state index in [1.807, 2.05) is 48.8 Å². The van der Waals surface area contributed by atoms with Gasteiger partial charge in [-0.2, -0.15) is 16.9 Å². The van der Waals surface area contributed by atoms with Crippen molar-refractivity contribution in [2.45, 2.75) is 50.6 Å². The molecule has 1 N–H and O–H groups in total. The topological polar surface area (TPSA) is 108 Å². The molecular weight excluding hydrogens is 726 g/mol. The molecule has 2 aliphatic heterocycles. The number of hydrogen-bond donors (Lipinski definition) is 1. The molecule has 286 valence electrons. The molecule has 2 fully saturated rings. The Labute approximate surface area is 322 Å². The van der Waals surface area contributed by atoms with Crippen LogP contribution in [0, 0.1) is 23.4 Å². The Kier molecular flexibility index (Phi) is 10.1. The van der Waals surface area contributed by atoms with E-state index < -0.39 is 23.5 Å². The van der Waals surface area contributed by atoms with E-state index in [4.69, 9.17) is 15.0 Å². The Morgan fingerprint density at radius 3 is 2.62 bits per heavy atom. The van der Waals surface area contributed by atoms with Gasteiger partial charge in [0.2, 0.25) is 5.91 Å². The molecule has 1 amide bonds. The average Bonchev–Trinajstić information content (AvgIpc) is 3.78. The van der Waals surface area contributed by atoms with Gasteiger partial charge >= 0.3 is 0 Å². The van der Waals surface area contributed by atoms with Gasteiger partial charge in [-0.3, -0.25) is 9.79 Å². The highest BCUT2D eigenvalue weighted by Crippen LogP contribution is 2.44. The summed E-state index contributed by atoms with van der Waals surface area (Å²) in [4.78, 5) is 39.7. The van der Waals surface area contributed by atoms with Crippen LogP contribution < -0.4 is 15.1 Å². The molecule has 1 aliphatic carbocycles. The lowest BCUT2D eigenvalue weighted by Gasteiger charge is -2.35. The van der Waals surface area contributed by atoms with Crippen LogP contribution in [0.3, 0.4) is 0 Å². The molecule has 3 aliphatic rings. The molecule has 55 heavy (non-hydrogen) atoms. The number of hydrogen-bond acceptors (Lipinski definition) is 10. The van der Waals surface area contributed by atoms with Gasteiger partial charge in [0.25, 0.3) is 0 Å². The fourth-order valence-electron chi connectivity index (χ4n) is 8.27. The molecule has 2 unspecified atom stereocenters. The summed E-state index contributed by atoms with van der Waals surface area (Å²) < 4.78 is 45.6. The van der Waals surface area contributed by atoms with Crippen molar-refractivity contribution in [2.24, 2.45) is 10.9 Å². The molecule has 8 rings (SSSR count). The molecule has 0 spiro atoms. The van der Waals surface area contributed by atoms with E-state index >= 15 is 8.78 Å². The lowest BCUT2D eigenvalue weighted by atomic mass is 9.75. The molecular formula is C40H43F3N10OS. The molecule has 15 heteroatoms. The van der Waals surface area contributed by atoms with Crippen LogP contribution in [0.4, 0.5) is 36.2 Å². The van der Waals surface area contributed by atoms with Crippen molar-refractivity contribution in [2.75, 3.05) is 60.4 Å². The van der Waals surface area contributed by atoms with Crippen molar-refractivity contribution in [3.8, 4) is 16.9 Å². The molecule has 4 bridgehead atoms. The number of nitrogens with zero attached hydrogens (tertiary/aromatic N) is 9. The lowest BCUT2D eigenvalue weighted by molar-refractivity contribution is -0.131. The smallest absolute Gasteiger partial charge is 0.245 e. The predicted molar refractivity (Wildman–Crippen MR) is 213 cm³/mol. The third kappa shape index (κ3) is 6.98. The fraction of sp³-hybridized carbons (Fsp3) is 0.400. The van der Waals surface area contributed by atoms with Gasteiger partial charge in [-0.15, -0.1) is 0 Å². The Morgan fingerprint density at radius 1 is 1.02 bits per heavy atom. The van der Waals surface area contributed by atoms with Gasteiger partial charge in [0, 0.05) is 62.9 Å². The SMILES string of the molecule is C=Nc1cc(F)cc2c1N(CC)CCCN(C)C(=O)C1CC(CN1c1nc(C3CC(CSC)C3)nc3c1cnn3-c1ccc(F)cc1F)Nc1cccc-2n1. The zero-order valence-electron chi connectivity index (χ0n) is 31.1. The first kappa shape index (κ1) is 36.8. The molecule has 1 saturated carbocycles. The molecule has 5 heterocycles. The molecule has 0 radical (unpaired) electrons. The summed E-state index contributed by atoms with van der Waals surface area (Å²) in [6.07, 6.45) is 6.64. The number of halogens is 3. The summed E-state index contributed by atoms with van der Waals surface area (Å²) >= 11 is 1.82. The number of anilines is 3. The first-order valence-electron chi connectivity index (χ1n) is 18.7. The summed E-state index contributed by atoms with van der Waals surface area (Å²) in [6, 6.07) is 11.0. The number of carbonyl (C=O) groups is 1. The lowest BCUT2D eigenvalue weighted by Crippen LogP contribution is -2.45. The number of pyridine rings is 1. The highest BCUT2D eigenvalue weighted by atomic mass is 32.2. The Hall–Kier alpha value is -5.18. The van der Waals surface area contributed by atoms with Crippen LogP contribution in [0.2, 0.25) is 0 Å². The monoisotopic (exact) mass is 768 g/mol. The first-order valence-corrected chi connectivity index (χ1v) is 20.1. The van der Waals surface area contributed by atoms with Crippen LogP contribution in [-0.2, 0) is 4.79 Å². The highest BCUT2D eigenvalue weighted by Gasteiger charge is 2.42. The fourth-order valence-corrected chi connectivity index (χ4v) is 9.01. The van der Waals surface area contributed by atoms with E-state index in [2.05, 4.69) is 33.3 Å². The van der Waals surface area contributed by atoms with Crippen molar-refractivity contribution >= 4 is 58.4 Å². The quantitative estimate of drug-likeness (QED) is 0.172. The second-order valence-corrected chi connectivity index (χ2v) is 15.5. The van der Waals surface area contributed by atoms with E-state index in [-0.39, 0.29) is 23.6 Å². The van der Waals surface area contributed by atoms with Crippen molar-refractivity contribution in [1.29, 1.82) is 0 Å². The summed E-state index contributed by atoms with van der Waals surface area (Å²) in [6.45, 7) is 7.83. The highest BCUT2D eigenvalue weighted by molar-refractivity contribution is 7.98. The Morgan fingerprint density at radius 2 is 1.85 bits per heavy atom. The number of nitrogens with one attached hydrogen (secondary N) is 1. The molecule has 2 aromatic carbocycles. The largest absolute Gasteiger partial charge is 0.369 e. The van der Waals surface area contributed by atoms with E-state index in [1.54, 1.807) is 11.1 Å². The maximum absolute atomic E-state index is 15.2. The Bertz CT molecular complexity index is 2260. The first-order chi connectivity index (χ1) is 26.6. The summed E-state index contributed by atoms with van der Waals surface area (Å²) in [7, 11) is 1.82. The van der Waals surface area contributed by atoms with Crippen LogP contribution in [0.25, 0.3) is 28.0 Å². The van der Waals surface area contributed by atoms with Crippen LogP contribution in [0.5, 0.6) is 0 Å². The van der Waals surface area contributed by atoms with Gasteiger partial charge in [-0.1, -0.05) is 6.07 Å². The summed E-state index contributed by atoms with van der Waals surface area (Å²) in [5.74, 6) is 1.49. The molecule has 5 aromatic rings. The summed E-state index contributed by atoms with van der Waals surface area (Å²) in [5, 5.41) is 8.67. The standard InChI is InChI=1S/C40H43F3N10OS/c1-5-51-13-7-12-50(3)40(54)34-19-27(46-35-9-6-8-31(47-35)28-16-26(42)18-32(44-2)36(28)51)21-52(34)38-29-20-45-53(33-11-10-25(41)17-30(33)43)39(29)49-37(48-38)24-14-23(15-24)22-55-4/h6,8-11,16-18,20,23-24,27,34H,2,5,7,12-15,19,21-22H2,1,3-4H3,(H,46,47). The van der Waals surface area contributed by atoms with Crippen LogP contribution in [0.15, 0.2) is 59.7 Å². The van der Waals surface area contributed by atoms with E-state index in [9.17, 15) is 9.18 Å². The number of aliphatic imine (C=N–C) groups is 1. The van der Waals surface area contributed by atoms with Crippen molar-refractivity contribution in [1.82, 2.24) is 29.6 Å². The number of fused-ring (bicyclic) bond motifs is 7. The minimum atomic E-state index is -0.762. The van der Waals surface area contributed by atoms with Crippen LogP contribution in [-0.4, -0.2) is 99.6 Å². The van der Waals surface area contributed by atoms with Crippen molar-refractivity contribution in [3.63, 3.8) is 0 Å². The minimum absolute atomic E-state index is 0.0613. The number of benzene rings is 2. The van der Waals surface area contributed by atoms with E-state index in [0.717, 1.165) is 30.3 Å². The number of carbonyl (C=O) groups excluding carboxylic acids is 1. The Balaban J connectivity index is 1.22. The van der Waals surface area contributed by atoms with E-state index in [1.165, 1.54) is 28.9 Å². The van der Waals surface area contributed by atoms with Crippen LogP contribution >= 0.6 is 11.8 Å². The second-order valence-electron chi connectivity index (χ2n) is 14.6. The molecule has 1 saturated heterocycles. The number of thioether (sulfide) groups is 1. The molecule has 11 nitrogen and oxygen atoms in total. The van der Waals surface area contributed by atoms with Crippen LogP contribution in [0.1, 0.15) is 44.3 Å². The van der Waals surface area contributed by atoms with Gasteiger partial charge in [0.15, 0.2) is 11.5 Å². The van der Waals surface area contributed by atoms with Gasteiger partial charge in [0.1, 0.15) is 40.8 Å². The van der Waals surface area contributed by atoms with Crippen molar-refractivity contribution in [3.05, 3.63) is 78.0 Å². The van der Waals surface area contributed by atoms with Gasteiger partial charge in [-0.25, -0.2) is 32.8 Å². The van der Waals surface area contributed by atoms with Gasteiger partial charge in [0.05, 0.1) is 28.7 Å². The number of aromatic nitrogens is 5. The van der Waals surface area contributed by atoms with Gasteiger partial charge < -0.3 is 20.0 Å². The number of likely N-dealkylation sites (N-methyl/N-ethyl adjacent to an activating group) is 1. The zero-order chi connectivity index (χ0) is 38.4. The average molecular weight is 769 g/mol. The van der Waals surface area contributed by atoms with E-state index in [0.29, 0.717) is 90.4 Å². The normalized spacial score (nSPS) is 21.5. The minimum Gasteiger partial charge on any atom is -0.369 e. The maximum atomic E-state index is 15.2. The third-order valence-corrected chi connectivity index (χ3v) is 11.8. The van der Waals surface area contributed by atoms with Gasteiger partial charge in [-0.05, 0) is 87.6 Å². The third-order valence-electron chi connectivity index (χ3n) is 11.0. The molecule has 2 atom stereocenters. The molecule has 3 aromatic heterocycles. The predicted octanol–water partition coefficient (Wildman–Crippen LogP) is 7.23. The maximum Gasteiger partial charge on any atom is 0.245 e. The summed E-state index contributed by atoms with van der Waals surface area (Å²) in [5.41, 5.74) is 2.84. The number of rotatable bonds is 7. The van der Waals surface area contributed by atoms with Crippen molar-refractivity contribution < 1.29 is 18.0 Å². The second kappa shape index (κ2) is 15.2.